The Morgan fingerprint density at radius 1 is 0.970 bits per heavy atom. The van der Waals surface area contributed by atoms with Crippen LogP contribution < -0.4 is 5.32 Å². The van der Waals surface area contributed by atoms with E-state index in [1.807, 2.05) is 0 Å². The molecule has 0 heterocycles. The third kappa shape index (κ3) is 23.4. The molecule has 3 N–H and O–H groups in total. The van der Waals surface area contributed by atoms with Gasteiger partial charge in [0.25, 0.3) is 0 Å². The van der Waals surface area contributed by atoms with Crippen LogP contribution in [0.15, 0.2) is 24.3 Å². The SMILES string of the molecule is CCC/C=C\C/C=C\CCCCCCCC(=O)OCC(O)COP(=O)(O)OCCNC(C)=O. The fraction of sp³-hybridized carbons (Fsp3) is 0.739. The van der Waals surface area contributed by atoms with Gasteiger partial charge < -0.3 is 20.1 Å². The van der Waals surface area contributed by atoms with Gasteiger partial charge in [-0.3, -0.25) is 18.6 Å². The van der Waals surface area contributed by atoms with Crippen molar-refractivity contribution in [3.63, 3.8) is 0 Å². The van der Waals surface area contributed by atoms with Gasteiger partial charge in [-0.15, -0.1) is 0 Å². The normalized spacial score (nSPS) is 14.4. The summed E-state index contributed by atoms with van der Waals surface area (Å²) in [5, 5.41) is 12.1. The Labute approximate surface area is 198 Å². The summed E-state index contributed by atoms with van der Waals surface area (Å²) in [7, 11) is -4.36. The lowest BCUT2D eigenvalue weighted by atomic mass is 10.1. The Morgan fingerprint density at radius 3 is 2.33 bits per heavy atom. The quantitative estimate of drug-likeness (QED) is 0.0942. The number of ether oxygens (including phenoxy) is 1. The number of esters is 1. The van der Waals surface area contributed by atoms with Crippen LogP contribution in [0.25, 0.3) is 0 Å². The topological polar surface area (TPSA) is 131 Å². The number of unbranched alkanes of at least 4 members (excludes halogenated alkanes) is 6. The number of phosphoric ester groups is 1. The number of rotatable bonds is 21. The zero-order valence-electron chi connectivity index (χ0n) is 20.1. The highest BCUT2D eigenvalue weighted by Gasteiger charge is 2.23. The van der Waals surface area contributed by atoms with Crippen molar-refractivity contribution < 1.29 is 37.9 Å². The standard InChI is InChI=1S/C23H42NO8P/c1-3-4-5-6-7-8-9-10-11-12-13-14-15-16-23(27)30-19-22(26)20-32-33(28,29)31-18-17-24-21(2)25/h5-6,8-9,22,26H,3-4,7,10-20H2,1-2H3,(H,24,25)(H,28,29)/b6-5-,9-8-. The maximum Gasteiger partial charge on any atom is 0.472 e. The van der Waals surface area contributed by atoms with Gasteiger partial charge in [-0.05, 0) is 32.1 Å². The first-order chi connectivity index (χ1) is 15.8. The van der Waals surface area contributed by atoms with E-state index < -0.39 is 26.5 Å². The lowest BCUT2D eigenvalue weighted by Crippen LogP contribution is -2.25. The summed E-state index contributed by atoms with van der Waals surface area (Å²) >= 11 is 0. The van der Waals surface area contributed by atoms with Crippen molar-refractivity contribution in [1.29, 1.82) is 0 Å². The molecule has 0 saturated heterocycles. The van der Waals surface area contributed by atoms with Gasteiger partial charge >= 0.3 is 13.8 Å². The molecule has 0 bridgehead atoms. The van der Waals surface area contributed by atoms with Crippen LogP contribution in [-0.2, 0) is 27.9 Å². The van der Waals surface area contributed by atoms with Crippen molar-refractivity contribution in [3.8, 4) is 0 Å². The molecular formula is C23H42NO8P. The molecule has 33 heavy (non-hydrogen) atoms. The molecule has 0 fully saturated rings. The number of hydrogen-bond acceptors (Lipinski definition) is 7. The first kappa shape index (κ1) is 31.5. The van der Waals surface area contributed by atoms with E-state index >= 15 is 0 Å². The Hall–Kier alpha value is -1.51. The molecule has 0 aliphatic heterocycles. The van der Waals surface area contributed by atoms with Crippen molar-refractivity contribution in [2.24, 2.45) is 0 Å². The summed E-state index contributed by atoms with van der Waals surface area (Å²) < 4.78 is 25.9. The van der Waals surface area contributed by atoms with Crippen LogP contribution in [0.4, 0.5) is 0 Å². The zero-order valence-corrected chi connectivity index (χ0v) is 21.0. The number of carbonyl (C=O) groups excluding carboxylic acids is 2. The Bertz CT molecular complexity index is 624. The van der Waals surface area contributed by atoms with Gasteiger partial charge in [0.1, 0.15) is 12.7 Å². The molecule has 0 rings (SSSR count). The average Bonchev–Trinajstić information content (AvgIpc) is 2.77. The highest BCUT2D eigenvalue weighted by atomic mass is 31.2. The van der Waals surface area contributed by atoms with Crippen molar-refractivity contribution >= 4 is 19.7 Å². The van der Waals surface area contributed by atoms with E-state index in [2.05, 4.69) is 45.6 Å². The first-order valence-corrected chi connectivity index (χ1v) is 13.3. The fourth-order valence-corrected chi connectivity index (χ4v) is 3.41. The van der Waals surface area contributed by atoms with E-state index in [1.54, 1.807) is 0 Å². The third-order valence-electron chi connectivity index (χ3n) is 4.41. The van der Waals surface area contributed by atoms with Crippen molar-refractivity contribution in [2.45, 2.75) is 84.2 Å². The van der Waals surface area contributed by atoms with E-state index in [4.69, 9.17) is 4.74 Å². The third-order valence-corrected chi connectivity index (χ3v) is 5.39. The number of hydrogen-bond donors (Lipinski definition) is 3. The average molecular weight is 492 g/mol. The monoisotopic (exact) mass is 491 g/mol. The molecule has 0 aromatic carbocycles. The number of nitrogens with one attached hydrogen (secondary N) is 1. The molecular weight excluding hydrogens is 449 g/mol. The number of amides is 1. The van der Waals surface area contributed by atoms with Gasteiger partial charge in [-0.2, -0.15) is 0 Å². The highest BCUT2D eigenvalue weighted by Crippen LogP contribution is 2.42. The van der Waals surface area contributed by atoms with Crippen LogP contribution in [0.3, 0.4) is 0 Å². The largest absolute Gasteiger partial charge is 0.472 e. The summed E-state index contributed by atoms with van der Waals surface area (Å²) in [5.74, 6) is -0.717. The second-order valence-electron chi connectivity index (χ2n) is 7.69. The van der Waals surface area contributed by atoms with Crippen molar-refractivity contribution in [3.05, 3.63) is 24.3 Å². The van der Waals surface area contributed by atoms with Gasteiger partial charge in [-0.1, -0.05) is 56.9 Å². The van der Waals surface area contributed by atoms with Crippen LogP contribution in [-0.4, -0.2) is 54.3 Å². The number of aliphatic hydroxyl groups is 1. The molecule has 1 amide bonds. The van der Waals surface area contributed by atoms with E-state index in [0.29, 0.717) is 0 Å². The summed E-state index contributed by atoms with van der Waals surface area (Å²) in [6.45, 7) is 2.46. The zero-order chi connectivity index (χ0) is 24.8. The van der Waals surface area contributed by atoms with Crippen LogP contribution >= 0.6 is 7.82 Å². The minimum Gasteiger partial charge on any atom is -0.463 e. The van der Waals surface area contributed by atoms with E-state index in [1.165, 1.54) is 13.3 Å². The van der Waals surface area contributed by atoms with Gasteiger partial charge in [0.05, 0.1) is 13.2 Å². The Kier molecular flexibility index (Phi) is 20.1. The van der Waals surface area contributed by atoms with Gasteiger partial charge in [0.2, 0.25) is 5.91 Å². The molecule has 192 valence electrons. The van der Waals surface area contributed by atoms with Crippen LogP contribution in [0, 0.1) is 0 Å². The molecule has 0 radical (unpaired) electrons. The van der Waals surface area contributed by atoms with Crippen LogP contribution in [0.2, 0.25) is 0 Å². The molecule has 10 heteroatoms. The fourth-order valence-electron chi connectivity index (χ4n) is 2.65. The molecule has 9 nitrogen and oxygen atoms in total. The van der Waals surface area contributed by atoms with Gasteiger partial charge in [0, 0.05) is 19.9 Å². The van der Waals surface area contributed by atoms with Crippen molar-refractivity contribution in [1.82, 2.24) is 5.32 Å². The predicted octanol–water partition coefficient (Wildman–Crippen LogP) is 4.19. The van der Waals surface area contributed by atoms with E-state index in [0.717, 1.165) is 51.4 Å². The molecule has 0 saturated carbocycles. The van der Waals surface area contributed by atoms with Crippen LogP contribution in [0.5, 0.6) is 0 Å². The number of aliphatic hydroxyl groups excluding tert-OH is 1. The maximum absolute atomic E-state index is 11.7. The Morgan fingerprint density at radius 2 is 1.64 bits per heavy atom. The second kappa shape index (κ2) is 21.1. The lowest BCUT2D eigenvalue weighted by molar-refractivity contribution is -0.147. The summed E-state index contributed by atoms with van der Waals surface area (Å²) in [4.78, 5) is 31.9. The molecule has 0 aromatic heterocycles. The number of phosphoric acid groups is 1. The molecule has 2 atom stereocenters. The molecule has 0 spiro atoms. The maximum atomic E-state index is 11.7. The lowest BCUT2D eigenvalue weighted by Gasteiger charge is -2.15. The van der Waals surface area contributed by atoms with Gasteiger partial charge in [0.15, 0.2) is 0 Å². The second-order valence-corrected chi connectivity index (χ2v) is 9.14. The number of allylic oxidation sites excluding steroid dienone is 4. The molecule has 0 aliphatic carbocycles. The number of carbonyl (C=O) groups is 2. The first-order valence-electron chi connectivity index (χ1n) is 11.8. The van der Waals surface area contributed by atoms with Crippen LogP contribution in [0.1, 0.15) is 78.1 Å². The van der Waals surface area contributed by atoms with Gasteiger partial charge in [-0.25, -0.2) is 4.57 Å². The highest BCUT2D eigenvalue weighted by molar-refractivity contribution is 7.47. The smallest absolute Gasteiger partial charge is 0.463 e. The summed E-state index contributed by atoms with van der Waals surface area (Å²) in [6.07, 6.45) is 17.2. The molecule has 0 aromatic rings. The Balaban J connectivity index is 3.64. The summed E-state index contributed by atoms with van der Waals surface area (Å²) in [5.41, 5.74) is 0. The minimum absolute atomic E-state index is 0.0530. The minimum atomic E-state index is -4.36. The van der Waals surface area contributed by atoms with Crippen molar-refractivity contribution in [2.75, 3.05) is 26.4 Å². The predicted molar refractivity (Wildman–Crippen MR) is 128 cm³/mol. The van der Waals surface area contributed by atoms with E-state index in [-0.39, 0.29) is 32.1 Å². The molecule has 2 unspecified atom stereocenters. The summed E-state index contributed by atoms with van der Waals surface area (Å²) in [6, 6.07) is 0. The molecule has 0 aliphatic rings. The van der Waals surface area contributed by atoms with E-state index in [9.17, 15) is 24.2 Å².